The van der Waals surface area contributed by atoms with Gasteiger partial charge in [-0.15, -0.1) is 0 Å². The van der Waals surface area contributed by atoms with E-state index in [4.69, 9.17) is 4.74 Å². The monoisotopic (exact) mass is 331 g/mol. The van der Waals surface area contributed by atoms with Crippen LogP contribution in [0.3, 0.4) is 0 Å². The van der Waals surface area contributed by atoms with Crippen molar-refractivity contribution < 1.29 is 14.3 Å². The molecule has 1 rings (SSSR count). The molecule has 132 valence electrons. The molecule has 0 aromatic heterocycles. The van der Waals surface area contributed by atoms with E-state index >= 15 is 0 Å². The van der Waals surface area contributed by atoms with E-state index in [1.807, 2.05) is 37.3 Å². The van der Waals surface area contributed by atoms with Crippen molar-refractivity contribution in [3.63, 3.8) is 0 Å². The van der Waals surface area contributed by atoms with Crippen LogP contribution in [0.2, 0.25) is 0 Å². The Morgan fingerprint density at radius 2 is 1.83 bits per heavy atom. The highest BCUT2D eigenvalue weighted by molar-refractivity contribution is 5.92. The van der Waals surface area contributed by atoms with E-state index in [0.29, 0.717) is 25.6 Å². The van der Waals surface area contributed by atoms with Gasteiger partial charge in [0.1, 0.15) is 0 Å². The number of amides is 1. The van der Waals surface area contributed by atoms with E-state index in [0.717, 1.165) is 12.0 Å². The fraction of sp³-hybridized carbons (Fsp3) is 0.500. The number of hydrogen-bond donors (Lipinski definition) is 0. The maximum Gasteiger partial charge on any atom is 0.307 e. The van der Waals surface area contributed by atoms with Crippen LogP contribution in [0.1, 0.15) is 44.7 Å². The predicted molar refractivity (Wildman–Crippen MR) is 97.5 cm³/mol. The van der Waals surface area contributed by atoms with Crippen molar-refractivity contribution in [2.75, 3.05) is 19.7 Å². The number of esters is 1. The number of rotatable bonds is 9. The Kier molecular flexibility index (Phi) is 8.84. The molecule has 0 fully saturated rings. The third kappa shape index (κ3) is 7.95. The first kappa shape index (κ1) is 19.9. The van der Waals surface area contributed by atoms with E-state index in [1.54, 1.807) is 17.9 Å². The normalized spacial score (nSPS) is 11.0. The van der Waals surface area contributed by atoms with Gasteiger partial charge in [-0.2, -0.15) is 0 Å². The Bertz CT molecular complexity index is 547. The van der Waals surface area contributed by atoms with Crippen molar-refractivity contribution >= 4 is 18.0 Å². The molecular weight excluding hydrogens is 302 g/mol. The summed E-state index contributed by atoms with van der Waals surface area (Å²) in [7, 11) is 0. The van der Waals surface area contributed by atoms with Crippen LogP contribution in [0, 0.1) is 12.8 Å². The molecule has 0 heterocycles. The molecule has 0 unspecified atom stereocenters. The fourth-order valence-electron chi connectivity index (χ4n) is 2.16. The molecule has 0 spiro atoms. The van der Waals surface area contributed by atoms with E-state index < -0.39 is 0 Å². The van der Waals surface area contributed by atoms with Gasteiger partial charge >= 0.3 is 5.97 Å². The molecule has 1 amide bonds. The number of carbonyl (C=O) groups is 2. The molecule has 1 aromatic carbocycles. The molecule has 0 radical (unpaired) electrons. The summed E-state index contributed by atoms with van der Waals surface area (Å²) in [4.78, 5) is 25.7. The molecule has 1 aromatic rings. The molecule has 24 heavy (non-hydrogen) atoms. The first-order valence-corrected chi connectivity index (χ1v) is 8.61. The van der Waals surface area contributed by atoms with Crippen molar-refractivity contribution in [3.8, 4) is 0 Å². The van der Waals surface area contributed by atoms with Crippen LogP contribution in [-0.2, 0) is 14.3 Å². The van der Waals surface area contributed by atoms with Gasteiger partial charge in [0.25, 0.3) is 0 Å². The molecule has 0 N–H and O–H groups in total. The van der Waals surface area contributed by atoms with Crippen LogP contribution in [0.5, 0.6) is 0 Å². The SMILES string of the molecule is CCOC(=O)CCN(CCC(C)C)C(=O)/C=C/c1ccc(C)cc1. The largest absolute Gasteiger partial charge is 0.466 e. The van der Waals surface area contributed by atoms with Crippen molar-refractivity contribution in [1.82, 2.24) is 4.90 Å². The van der Waals surface area contributed by atoms with Crippen molar-refractivity contribution in [1.29, 1.82) is 0 Å². The molecular formula is C20H29NO3. The number of carbonyl (C=O) groups excluding carboxylic acids is 2. The van der Waals surface area contributed by atoms with E-state index in [9.17, 15) is 9.59 Å². The van der Waals surface area contributed by atoms with E-state index in [2.05, 4.69) is 13.8 Å². The van der Waals surface area contributed by atoms with Gasteiger partial charge in [-0.05, 0) is 37.8 Å². The Morgan fingerprint density at radius 3 is 2.42 bits per heavy atom. The first-order valence-electron chi connectivity index (χ1n) is 8.61. The van der Waals surface area contributed by atoms with Gasteiger partial charge in [0.2, 0.25) is 5.91 Å². The number of benzene rings is 1. The maximum absolute atomic E-state index is 12.5. The molecule has 0 aliphatic rings. The summed E-state index contributed by atoms with van der Waals surface area (Å²) in [5, 5.41) is 0. The molecule has 0 aliphatic carbocycles. The van der Waals surface area contributed by atoms with E-state index in [1.165, 1.54) is 5.56 Å². The van der Waals surface area contributed by atoms with Gasteiger partial charge in [0.15, 0.2) is 0 Å². The lowest BCUT2D eigenvalue weighted by molar-refractivity contribution is -0.143. The van der Waals surface area contributed by atoms with Gasteiger partial charge in [0, 0.05) is 19.2 Å². The molecule has 4 heteroatoms. The summed E-state index contributed by atoms with van der Waals surface area (Å²) >= 11 is 0. The van der Waals surface area contributed by atoms with Crippen LogP contribution in [0.25, 0.3) is 6.08 Å². The Hall–Kier alpha value is -2.10. The summed E-state index contributed by atoms with van der Waals surface area (Å²) in [6.45, 7) is 9.46. The first-order chi connectivity index (χ1) is 11.4. The van der Waals surface area contributed by atoms with Gasteiger partial charge < -0.3 is 9.64 Å². The maximum atomic E-state index is 12.5. The van der Waals surface area contributed by atoms with Gasteiger partial charge in [-0.3, -0.25) is 9.59 Å². The molecule has 0 saturated carbocycles. The van der Waals surface area contributed by atoms with Gasteiger partial charge in [-0.1, -0.05) is 43.7 Å². The minimum atomic E-state index is -0.262. The average Bonchev–Trinajstić information content (AvgIpc) is 2.54. The molecule has 0 atom stereocenters. The zero-order chi connectivity index (χ0) is 17.9. The Balaban J connectivity index is 2.67. The van der Waals surface area contributed by atoms with Crippen molar-refractivity contribution in [2.24, 2.45) is 5.92 Å². The number of aryl methyl sites for hydroxylation is 1. The van der Waals surface area contributed by atoms with Gasteiger partial charge in [0.05, 0.1) is 13.0 Å². The predicted octanol–water partition coefficient (Wildman–Crippen LogP) is 3.84. The average molecular weight is 331 g/mol. The molecule has 0 bridgehead atoms. The van der Waals surface area contributed by atoms with E-state index in [-0.39, 0.29) is 18.3 Å². The zero-order valence-corrected chi connectivity index (χ0v) is 15.2. The van der Waals surface area contributed by atoms with Crippen LogP contribution in [0.4, 0.5) is 0 Å². The Morgan fingerprint density at radius 1 is 1.17 bits per heavy atom. The van der Waals surface area contributed by atoms with Crippen molar-refractivity contribution in [2.45, 2.75) is 40.5 Å². The second-order valence-electron chi connectivity index (χ2n) is 6.31. The number of ether oxygens (including phenoxy) is 1. The second kappa shape index (κ2) is 10.6. The molecule has 0 aliphatic heterocycles. The minimum Gasteiger partial charge on any atom is -0.466 e. The summed E-state index contributed by atoms with van der Waals surface area (Å²) in [5.41, 5.74) is 2.18. The smallest absolute Gasteiger partial charge is 0.307 e. The summed E-state index contributed by atoms with van der Waals surface area (Å²) in [6, 6.07) is 8.00. The van der Waals surface area contributed by atoms with Crippen LogP contribution >= 0.6 is 0 Å². The lowest BCUT2D eigenvalue weighted by atomic mass is 10.1. The quantitative estimate of drug-likeness (QED) is 0.510. The fourth-order valence-corrected chi connectivity index (χ4v) is 2.16. The molecule has 0 saturated heterocycles. The second-order valence-corrected chi connectivity index (χ2v) is 6.31. The number of nitrogens with zero attached hydrogens (tertiary/aromatic N) is 1. The topological polar surface area (TPSA) is 46.6 Å². The lowest BCUT2D eigenvalue weighted by Gasteiger charge is -2.22. The third-order valence-corrected chi connectivity index (χ3v) is 3.67. The van der Waals surface area contributed by atoms with Crippen molar-refractivity contribution in [3.05, 3.63) is 41.5 Å². The zero-order valence-electron chi connectivity index (χ0n) is 15.2. The number of hydrogen-bond acceptors (Lipinski definition) is 3. The summed E-state index contributed by atoms with van der Waals surface area (Å²) in [5.74, 6) is 0.173. The van der Waals surface area contributed by atoms with Gasteiger partial charge in [-0.25, -0.2) is 0 Å². The Labute approximate surface area is 145 Å². The lowest BCUT2D eigenvalue weighted by Crippen LogP contribution is -2.33. The highest BCUT2D eigenvalue weighted by atomic mass is 16.5. The van der Waals surface area contributed by atoms with Crippen LogP contribution in [-0.4, -0.2) is 36.5 Å². The van der Waals surface area contributed by atoms with Crippen LogP contribution in [0.15, 0.2) is 30.3 Å². The van der Waals surface area contributed by atoms with Crippen LogP contribution < -0.4 is 0 Å². The standard InChI is InChI=1S/C20H29NO3/c1-5-24-20(23)13-15-21(14-12-16(2)3)19(22)11-10-18-8-6-17(4)7-9-18/h6-11,16H,5,12-15H2,1-4H3/b11-10+. The highest BCUT2D eigenvalue weighted by Gasteiger charge is 2.13. The summed E-state index contributed by atoms with van der Waals surface area (Å²) in [6.07, 6.45) is 4.54. The summed E-state index contributed by atoms with van der Waals surface area (Å²) < 4.78 is 4.94. The molecule has 4 nitrogen and oxygen atoms in total. The third-order valence-electron chi connectivity index (χ3n) is 3.67. The minimum absolute atomic E-state index is 0.0690. The highest BCUT2D eigenvalue weighted by Crippen LogP contribution is 2.08.